The number of aliphatic hydroxyl groups is 1. The van der Waals surface area contributed by atoms with Crippen molar-refractivity contribution in [1.82, 2.24) is 5.43 Å². The van der Waals surface area contributed by atoms with Crippen molar-refractivity contribution in [2.45, 2.75) is 0 Å². The van der Waals surface area contributed by atoms with Gasteiger partial charge in [-0.3, -0.25) is 5.17 Å². The molecule has 0 fully saturated rings. The lowest BCUT2D eigenvalue weighted by molar-refractivity contribution is -0.893. The predicted octanol–water partition coefficient (Wildman–Crippen LogP) is -2.50. The molecule has 0 saturated carbocycles. The van der Waals surface area contributed by atoms with Gasteiger partial charge in [0.2, 0.25) is 0 Å². The number of aliphatic hydroxyl groups excluding tert-OH is 1. The summed E-state index contributed by atoms with van der Waals surface area (Å²) in [5.41, 5.74) is 2.37. The van der Waals surface area contributed by atoms with Gasteiger partial charge in [0.1, 0.15) is 6.54 Å². The molecule has 0 aliphatic rings. The molecule has 0 radical (unpaired) electrons. The molecule has 1 atom stereocenters. The molecule has 44 valence electrons. The zero-order chi connectivity index (χ0) is 5.70. The minimum absolute atomic E-state index is 0.0698. The van der Waals surface area contributed by atoms with Crippen molar-refractivity contribution in [2.75, 3.05) is 20.2 Å². The van der Waals surface area contributed by atoms with E-state index in [1.54, 1.807) is 0 Å². The summed E-state index contributed by atoms with van der Waals surface area (Å²) < 4.78 is 0. The first-order chi connectivity index (χ1) is 3.31. The Labute approximate surface area is 42.3 Å². The topological polar surface area (TPSA) is 59.8 Å². The Bertz CT molecular complexity index is 41.9. The first-order valence-electron chi connectivity index (χ1n) is 2.12. The summed E-state index contributed by atoms with van der Waals surface area (Å²) in [6.07, 6.45) is 0. The van der Waals surface area contributed by atoms with Crippen molar-refractivity contribution in [2.24, 2.45) is 0 Å². The smallest absolute Gasteiger partial charge is 0.118 e. The van der Waals surface area contributed by atoms with E-state index in [-0.39, 0.29) is 18.3 Å². The molecule has 1 unspecified atom stereocenters. The molecule has 0 aliphatic carbocycles. The molecule has 0 aromatic carbocycles. The number of hydrogen-bond acceptors (Lipinski definition) is 3. The van der Waals surface area contributed by atoms with Gasteiger partial charge in [0.05, 0.1) is 6.61 Å². The van der Waals surface area contributed by atoms with Crippen molar-refractivity contribution < 1.29 is 10.3 Å². The Morgan fingerprint density at radius 3 is 2.57 bits per heavy atom. The van der Waals surface area contributed by atoms with Gasteiger partial charge in [-0.05, 0) is 0 Å². The average Bonchev–Trinajstić information content (AvgIpc) is 1.68. The third-order valence-electron chi connectivity index (χ3n) is 0.618. The fraction of sp³-hybridized carbons (Fsp3) is 1.00. The molecule has 0 bridgehead atoms. The number of hydrogen-bond donors (Lipinski definition) is 3. The van der Waals surface area contributed by atoms with Crippen LogP contribution in [0, 0.1) is 5.21 Å². The fourth-order valence-corrected chi connectivity index (χ4v) is 0.227. The largest absolute Gasteiger partial charge is 0.613 e. The van der Waals surface area contributed by atoms with Crippen LogP contribution in [0.15, 0.2) is 0 Å². The van der Waals surface area contributed by atoms with E-state index in [4.69, 9.17) is 5.11 Å². The molecule has 4 nitrogen and oxygen atoms in total. The maximum absolute atomic E-state index is 10.1. The van der Waals surface area contributed by atoms with Crippen molar-refractivity contribution in [1.29, 1.82) is 0 Å². The maximum atomic E-state index is 10.1. The Hall–Kier alpha value is -0.160. The first kappa shape index (κ1) is 6.84. The lowest BCUT2D eigenvalue weighted by Crippen LogP contribution is -3.14. The quantitative estimate of drug-likeness (QED) is 0.348. The van der Waals surface area contributed by atoms with E-state index in [1.807, 2.05) is 0 Å². The van der Waals surface area contributed by atoms with Crippen LogP contribution in [0.2, 0.25) is 0 Å². The summed E-state index contributed by atoms with van der Waals surface area (Å²) in [6.45, 7) is 0.135. The second kappa shape index (κ2) is 4.01. The van der Waals surface area contributed by atoms with Gasteiger partial charge in [0, 0.05) is 7.05 Å². The van der Waals surface area contributed by atoms with Gasteiger partial charge in [-0.2, -0.15) is 5.43 Å². The summed E-state index contributed by atoms with van der Waals surface area (Å²) in [6, 6.07) is 0. The average molecular weight is 106 g/mol. The van der Waals surface area contributed by atoms with E-state index in [0.717, 1.165) is 0 Å². The van der Waals surface area contributed by atoms with Gasteiger partial charge < -0.3 is 10.3 Å². The lowest BCUT2D eigenvalue weighted by atomic mass is 10.7. The molecule has 0 spiro atoms. The highest BCUT2D eigenvalue weighted by atomic mass is 16.5. The van der Waals surface area contributed by atoms with Crippen LogP contribution >= 0.6 is 0 Å². The Morgan fingerprint density at radius 1 is 1.86 bits per heavy atom. The highest BCUT2D eigenvalue weighted by Crippen LogP contribution is 1.37. The van der Waals surface area contributed by atoms with Gasteiger partial charge in [0.15, 0.2) is 0 Å². The van der Waals surface area contributed by atoms with Crippen LogP contribution in [0.4, 0.5) is 0 Å². The van der Waals surface area contributed by atoms with E-state index in [2.05, 4.69) is 5.43 Å². The van der Waals surface area contributed by atoms with Crippen LogP contribution in [0.25, 0.3) is 0 Å². The second-order valence-electron chi connectivity index (χ2n) is 1.15. The number of quaternary nitrogens is 1. The molecule has 7 heavy (non-hydrogen) atoms. The van der Waals surface area contributed by atoms with Crippen molar-refractivity contribution in [3.63, 3.8) is 0 Å². The van der Waals surface area contributed by atoms with E-state index < -0.39 is 0 Å². The highest BCUT2D eigenvalue weighted by molar-refractivity contribution is 4.15. The molecule has 0 aromatic rings. The van der Waals surface area contributed by atoms with Crippen LogP contribution in [0.3, 0.4) is 0 Å². The van der Waals surface area contributed by atoms with E-state index in [9.17, 15) is 5.21 Å². The summed E-state index contributed by atoms with van der Waals surface area (Å²) in [5, 5.41) is 18.1. The van der Waals surface area contributed by atoms with Crippen LogP contribution in [-0.4, -0.2) is 25.3 Å². The van der Waals surface area contributed by atoms with E-state index >= 15 is 0 Å². The molecule has 0 rings (SSSR count). The predicted molar refractivity (Wildman–Crippen MR) is 25.3 cm³/mol. The Morgan fingerprint density at radius 2 is 2.43 bits per heavy atom. The number of hydroxylamine groups is 1. The molecule has 4 heteroatoms. The second-order valence-corrected chi connectivity index (χ2v) is 1.15. The molecular weight excluding hydrogens is 96.0 g/mol. The van der Waals surface area contributed by atoms with Crippen LogP contribution in [0.5, 0.6) is 0 Å². The maximum Gasteiger partial charge on any atom is 0.118 e. The summed E-state index contributed by atoms with van der Waals surface area (Å²) in [5.74, 6) is 0. The summed E-state index contributed by atoms with van der Waals surface area (Å²) in [4.78, 5) is 0. The molecule has 3 N–H and O–H groups in total. The van der Waals surface area contributed by atoms with Crippen molar-refractivity contribution in [3.8, 4) is 0 Å². The van der Waals surface area contributed by atoms with Crippen molar-refractivity contribution in [3.05, 3.63) is 5.21 Å². The lowest BCUT2D eigenvalue weighted by Gasteiger charge is -2.17. The van der Waals surface area contributed by atoms with Gasteiger partial charge in [-0.25, -0.2) is 0 Å². The Kier molecular flexibility index (Phi) is 3.92. The monoisotopic (exact) mass is 106 g/mol. The summed E-state index contributed by atoms with van der Waals surface area (Å²) >= 11 is 0. The molecule has 0 aromatic heterocycles. The van der Waals surface area contributed by atoms with Gasteiger partial charge in [0.25, 0.3) is 0 Å². The van der Waals surface area contributed by atoms with Gasteiger partial charge in [-0.15, -0.1) is 0 Å². The van der Waals surface area contributed by atoms with Gasteiger partial charge in [-0.1, -0.05) is 0 Å². The van der Waals surface area contributed by atoms with Crippen LogP contribution in [0.1, 0.15) is 0 Å². The zero-order valence-corrected chi connectivity index (χ0v) is 4.27. The molecular formula is C3H10N2O2. The third-order valence-corrected chi connectivity index (χ3v) is 0.618. The Balaban J connectivity index is 2.83. The molecule has 0 saturated heterocycles. The van der Waals surface area contributed by atoms with Crippen LogP contribution < -0.4 is 10.6 Å². The number of nitrogens with one attached hydrogen (secondary N) is 2. The first-order valence-corrected chi connectivity index (χ1v) is 2.12. The molecule has 0 aliphatic heterocycles. The third kappa shape index (κ3) is 3.68. The highest BCUT2D eigenvalue weighted by Gasteiger charge is 1.85. The normalized spacial score (nSPS) is 14.1. The zero-order valence-electron chi connectivity index (χ0n) is 4.27. The fourth-order valence-electron chi connectivity index (χ4n) is 0.227. The minimum atomic E-state index is -0.123. The standard InChI is InChI=1S/C3H10N2O2/c1-4-5(7)2-3-6/h4-6H,2-3H2,1H3. The van der Waals surface area contributed by atoms with Crippen molar-refractivity contribution >= 4 is 0 Å². The molecule has 0 amide bonds. The SMILES string of the molecule is CN[NH+]([O-])CCO. The number of rotatable bonds is 3. The van der Waals surface area contributed by atoms with Crippen LogP contribution in [-0.2, 0) is 0 Å². The summed E-state index contributed by atoms with van der Waals surface area (Å²) in [7, 11) is 1.54. The molecule has 0 heterocycles. The van der Waals surface area contributed by atoms with E-state index in [1.165, 1.54) is 7.05 Å². The van der Waals surface area contributed by atoms with Gasteiger partial charge >= 0.3 is 0 Å². The minimum Gasteiger partial charge on any atom is -0.613 e. The van der Waals surface area contributed by atoms with E-state index in [0.29, 0.717) is 0 Å².